The molecule has 0 aliphatic heterocycles. The smallest absolute Gasteiger partial charge is 0.0576 e. The van der Waals surface area contributed by atoms with Crippen LogP contribution in [0.25, 0.3) is 88.7 Å². The summed E-state index contributed by atoms with van der Waals surface area (Å²) in [5, 5.41) is 2.59. The maximum Gasteiger partial charge on any atom is 0.0576 e. The van der Waals surface area contributed by atoms with Crippen molar-refractivity contribution >= 4 is 33.1 Å². The third kappa shape index (κ3) is 10.7. The number of nitrogens with zero attached hydrogens (tertiary/aromatic N) is 2. The minimum Gasteiger partial charge on any atom is -0.309 e. The number of aliphatic imine (C=N–C) groups is 1. The first-order valence-corrected chi connectivity index (χ1v) is 24.6. The molecule has 11 aromatic rings. The van der Waals surface area contributed by atoms with E-state index in [0.29, 0.717) is 0 Å². The van der Waals surface area contributed by atoms with Gasteiger partial charge in [-0.2, -0.15) is 0 Å². The molecule has 71 heavy (non-hydrogen) atoms. The van der Waals surface area contributed by atoms with Crippen LogP contribution in [0.1, 0.15) is 43.0 Å². The van der Waals surface area contributed by atoms with E-state index in [1.165, 1.54) is 105 Å². The average molecular weight is 917 g/mol. The fourth-order valence-corrected chi connectivity index (χ4v) is 9.58. The molecule has 0 atom stereocenters. The van der Waals surface area contributed by atoms with Crippen molar-refractivity contribution in [1.82, 2.24) is 4.57 Å². The van der Waals surface area contributed by atoms with E-state index in [-0.39, 0.29) is 0 Å². The number of hydrogen-bond donors (Lipinski definition) is 0. The largest absolute Gasteiger partial charge is 0.309 e. The molecule has 0 unspecified atom stereocenters. The van der Waals surface area contributed by atoms with E-state index in [1.807, 2.05) is 19.1 Å². The zero-order valence-electron chi connectivity index (χ0n) is 41.5. The molecule has 0 N–H and O–H groups in total. The molecule has 1 heterocycles. The van der Waals surface area contributed by atoms with Gasteiger partial charge >= 0.3 is 0 Å². The van der Waals surface area contributed by atoms with Crippen molar-refractivity contribution < 1.29 is 0 Å². The van der Waals surface area contributed by atoms with Crippen LogP contribution in [-0.4, -0.2) is 16.8 Å². The topological polar surface area (TPSA) is 17.3 Å². The number of aryl methyl sites for hydroxylation is 2. The monoisotopic (exact) mass is 916 g/mol. The van der Waals surface area contributed by atoms with Gasteiger partial charge in [-0.3, -0.25) is 4.99 Å². The number of para-hydroxylation sites is 1. The van der Waals surface area contributed by atoms with Gasteiger partial charge in [-0.1, -0.05) is 231 Å². The highest BCUT2D eigenvalue weighted by molar-refractivity contribution is 6.12. The highest BCUT2D eigenvalue weighted by atomic mass is 15.0. The molecular weight excluding hydrogens is 857 g/mol. The van der Waals surface area contributed by atoms with E-state index >= 15 is 0 Å². The van der Waals surface area contributed by atoms with Crippen LogP contribution in [0, 0.1) is 13.8 Å². The molecular formula is C69H60N2. The molecule has 0 saturated heterocycles. The van der Waals surface area contributed by atoms with Crippen molar-refractivity contribution in [3.63, 3.8) is 0 Å². The van der Waals surface area contributed by atoms with Gasteiger partial charge in [0.2, 0.25) is 0 Å². The third-order valence-corrected chi connectivity index (χ3v) is 13.2. The molecule has 10 aromatic carbocycles. The van der Waals surface area contributed by atoms with E-state index in [2.05, 4.69) is 280 Å². The molecule has 0 amide bonds. The van der Waals surface area contributed by atoms with Crippen LogP contribution in [-0.2, 0) is 0 Å². The predicted molar refractivity (Wildman–Crippen MR) is 308 cm³/mol. The number of aromatic nitrogens is 1. The van der Waals surface area contributed by atoms with E-state index in [9.17, 15) is 0 Å². The van der Waals surface area contributed by atoms with Gasteiger partial charge in [0.25, 0.3) is 0 Å². The van der Waals surface area contributed by atoms with Crippen molar-refractivity contribution in [2.75, 3.05) is 6.54 Å². The van der Waals surface area contributed by atoms with Gasteiger partial charge < -0.3 is 4.57 Å². The van der Waals surface area contributed by atoms with Crippen molar-refractivity contribution in [1.29, 1.82) is 0 Å². The standard InChI is InChI=1S/C32H25N.C21H18.C16H17N/c1-22-11-6-7-16-27(22)28-19-20-30-29-17-8-9-18-31(29)33(32(30)23(28)2)26-15-10-14-25(21-26)24-12-4-3-5-13-24;1-16(2)18-10-6-12-20(14-18)21-13-7-11-19(15-21)17-8-4-3-5-9-17;1-3-17-13(2)15-11-7-8-12-16(15)14-9-5-4-6-10-14/h3-21H,1-2H3;3-15H,1H2,2H3;4-12H,3H2,1-2H3. The Morgan fingerprint density at radius 1 is 0.423 bits per heavy atom. The zero-order chi connectivity index (χ0) is 49.1. The Morgan fingerprint density at radius 2 is 0.930 bits per heavy atom. The molecule has 346 valence electrons. The van der Waals surface area contributed by atoms with Gasteiger partial charge in [0.1, 0.15) is 0 Å². The second-order valence-corrected chi connectivity index (χ2v) is 18.0. The molecule has 2 nitrogen and oxygen atoms in total. The Balaban J connectivity index is 0.000000142. The summed E-state index contributed by atoms with van der Waals surface area (Å²) < 4.78 is 2.44. The van der Waals surface area contributed by atoms with Crippen LogP contribution in [0.5, 0.6) is 0 Å². The molecule has 0 fully saturated rings. The zero-order valence-corrected chi connectivity index (χ0v) is 41.5. The highest BCUT2D eigenvalue weighted by Gasteiger charge is 2.18. The van der Waals surface area contributed by atoms with Crippen molar-refractivity contribution in [3.05, 3.63) is 278 Å². The van der Waals surface area contributed by atoms with Crippen LogP contribution >= 0.6 is 0 Å². The maximum atomic E-state index is 4.50. The van der Waals surface area contributed by atoms with E-state index in [4.69, 9.17) is 0 Å². The normalized spacial score (nSPS) is 11.1. The molecule has 0 aliphatic rings. The average Bonchev–Trinajstić information content (AvgIpc) is 3.78. The molecule has 11 rings (SSSR count). The SMILES string of the molecule is C=C(C)c1cccc(-c2cccc(-c3ccccc3)c2)c1.CCN=C(C)c1ccccc1-c1ccccc1.Cc1ccccc1-c1ccc2c3ccccc3n(-c3cccc(-c4ccccc4)c3)c2c1C. The van der Waals surface area contributed by atoms with Gasteiger partial charge in [-0.15, -0.1) is 0 Å². The first-order valence-electron chi connectivity index (χ1n) is 24.6. The Bertz CT molecular complexity index is 3610. The summed E-state index contributed by atoms with van der Waals surface area (Å²) in [5.74, 6) is 0. The number of rotatable bonds is 9. The van der Waals surface area contributed by atoms with Gasteiger partial charge in [-0.05, 0) is 137 Å². The summed E-state index contributed by atoms with van der Waals surface area (Å²) in [6.07, 6.45) is 0. The van der Waals surface area contributed by atoms with Gasteiger partial charge in [0.05, 0.1) is 11.0 Å². The number of allylic oxidation sites excluding steroid dienone is 1. The van der Waals surface area contributed by atoms with E-state index in [1.54, 1.807) is 0 Å². The van der Waals surface area contributed by atoms with Crippen LogP contribution in [0.15, 0.2) is 260 Å². The summed E-state index contributed by atoms with van der Waals surface area (Å²) >= 11 is 0. The Morgan fingerprint density at radius 3 is 1.58 bits per heavy atom. The van der Waals surface area contributed by atoms with Crippen LogP contribution in [0.4, 0.5) is 0 Å². The minimum atomic E-state index is 0.828. The summed E-state index contributed by atoms with van der Waals surface area (Å²) in [4.78, 5) is 4.50. The lowest BCUT2D eigenvalue weighted by molar-refractivity contribution is 1.13. The lowest BCUT2D eigenvalue weighted by atomic mass is 9.95. The number of fused-ring (bicyclic) bond motifs is 3. The summed E-state index contributed by atoms with van der Waals surface area (Å²) in [6, 6.07) is 88.1. The fourth-order valence-electron chi connectivity index (χ4n) is 9.58. The summed E-state index contributed by atoms with van der Waals surface area (Å²) in [5.41, 5.74) is 23.4. The lowest BCUT2D eigenvalue weighted by Gasteiger charge is -2.15. The minimum absolute atomic E-state index is 0.828. The van der Waals surface area contributed by atoms with E-state index < -0.39 is 0 Å². The second-order valence-electron chi connectivity index (χ2n) is 18.0. The molecule has 1 aromatic heterocycles. The first kappa shape index (κ1) is 47.5. The van der Waals surface area contributed by atoms with Gasteiger partial charge in [0.15, 0.2) is 0 Å². The Labute approximate surface area is 420 Å². The Kier molecular flexibility index (Phi) is 14.9. The maximum absolute atomic E-state index is 4.50. The Hall–Kier alpha value is -8.59. The molecule has 0 saturated carbocycles. The fraction of sp³-hybridized carbons (Fsp3) is 0.0870. The van der Waals surface area contributed by atoms with Crippen LogP contribution < -0.4 is 0 Å². The van der Waals surface area contributed by atoms with Gasteiger partial charge in [-0.25, -0.2) is 0 Å². The highest BCUT2D eigenvalue weighted by Crippen LogP contribution is 2.39. The number of benzene rings is 10. The number of hydrogen-bond acceptors (Lipinski definition) is 1. The first-order chi connectivity index (χ1) is 34.8. The van der Waals surface area contributed by atoms with Crippen LogP contribution in [0.3, 0.4) is 0 Å². The molecule has 0 aliphatic carbocycles. The molecule has 0 spiro atoms. The quantitative estimate of drug-likeness (QED) is 0.128. The van der Waals surface area contributed by atoms with Crippen LogP contribution in [0.2, 0.25) is 0 Å². The molecule has 0 bridgehead atoms. The van der Waals surface area contributed by atoms with Crippen molar-refractivity contribution in [2.24, 2.45) is 4.99 Å². The van der Waals surface area contributed by atoms with Crippen molar-refractivity contribution in [2.45, 2.75) is 34.6 Å². The lowest BCUT2D eigenvalue weighted by Crippen LogP contribution is -1.98. The summed E-state index contributed by atoms with van der Waals surface area (Å²) in [7, 11) is 0. The third-order valence-electron chi connectivity index (χ3n) is 13.2. The van der Waals surface area contributed by atoms with E-state index in [0.717, 1.165) is 17.8 Å². The molecule has 2 heteroatoms. The van der Waals surface area contributed by atoms with Crippen molar-refractivity contribution in [3.8, 4) is 61.3 Å². The molecule has 0 radical (unpaired) electrons. The second kappa shape index (κ2) is 22.2. The summed E-state index contributed by atoms with van der Waals surface area (Å²) in [6.45, 7) is 15.5. The van der Waals surface area contributed by atoms with Gasteiger partial charge in [0, 0.05) is 34.3 Å². The predicted octanol–water partition coefficient (Wildman–Crippen LogP) is 19.0.